The van der Waals surface area contributed by atoms with Crippen molar-refractivity contribution in [2.75, 3.05) is 31.0 Å². The number of carbonyl (C=O) groups excluding carboxylic acids is 2. The van der Waals surface area contributed by atoms with Gasteiger partial charge < -0.3 is 19.7 Å². The Morgan fingerprint density at radius 1 is 1.19 bits per heavy atom. The van der Waals surface area contributed by atoms with Gasteiger partial charge in [-0.05, 0) is 36.8 Å². The second-order valence-electron chi connectivity index (χ2n) is 6.39. The molecule has 27 heavy (non-hydrogen) atoms. The third kappa shape index (κ3) is 4.01. The molecule has 0 aliphatic carbocycles. The second kappa shape index (κ2) is 7.88. The summed E-state index contributed by atoms with van der Waals surface area (Å²) in [6.45, 7) is 2.17. The van der Waals surface area contributed by atoms with Crippen LogP contribution in [0, 0.1) is 12.8 Å². The SMILES string of the molecule is COc1ccc(N2C[C@@H](C(=O)Nc3cc(Cl)ccc3C)CC2=O)c(OC)c1. The van der Waals surface area contributed by atoms with Crippen molar-refractivity contribution >= 4 is 34.8 Å². The van der Waals surface area contributed by atoms with Crippen LogP contribution in [0.1, 0.15) is 12.0 Å². The molecule has 2 aromatic rings. The first-order valence-electron chi connectivity index (χ1n) is 8.52. The van der Waals surface area contributed by atoms with Crippen LogP contribution in [-0.2, 0) is 9.59 Å². The van der Waals surface area contributed by atoms with Crippen molar-refractivity contribution in [2.24, 2.45) is 5.92 Å². The second-order valence-corrected chi connectivity index (χ2v) is 6.83. The molecule has 0 spiro atoms. The van der Waals surface area contributed by atoms with Crippen LogP contribution in [0.2, 0.25) is 5.02 Å². The number of amides is 2. The van der Waals surface area contributed by atoms with E-state index < -0.39 is 5.92 Å². The molecule has 0 bridgehead atoms. The highest BCUT2D eigenvalue weighted by Crippen LogP contribution is 2.36. The predicted molar refractivity (Wildman–Crippen MR) is 105 cm³/mol. The Hall–Kier alpha value is -2.73. The monoisotopic (exact) mass is 388 g/mol. The van der Waals surface area contributed by atoms with Gasteiger partial charge in [-0.2, -0.15) is 0 Å². The van der Waals surface area contributed by atoms with Crippen LogP contribution in [0.4, 0.5) is 11.4 Å². The number of carbonyl (C=O) groups is 2. The van der Waals surface area contributed by atoms with Gasteiger partial charge in [-0.15, -0.1) is 0 Å². The highest BCUT2D eigenvalue weighted by molar-refractivity contribution is 6.31. The molecular formula is C20H21ClN2O4. The first-order chi connectivity index (χ1) is 12.9. The van der Waals surface area contributed by atoms with E-state index in [1.54, 1.807) is 42.3 Å². The average molecular weight is 389 g/mol. The minimum absolute atomic E-state index is 0.124. The van der Waals surface area contributed by atoms with E-state index in [-0.39, 0.29) is 24.8 Å². The largest absolute Gasteiger partial charge is 0.497 e. The molecule has 0 radical (unpaired) electrons. The lowest BCUT2D eigenvalue weighted by Gasteiger charge is -2.20. The quantitative estimate of drug-likeness (QED) is 0.848. The Labute approximate surface area is 163 Å². The van der Waals surface area contributed by atoms with Crippen LogP contribution < -0.4 is 19.7 Å². The van der Waals surface area contributed by atoms with Gasteiger partial charge in [-0.1, -0.05) is 17.7 Å². The van der Waals surface area contributed by atoms with Crippen LogP contribution in [0.25, 0.3) is 0 Å². The van der Waals surface area contributed by atoms with E-state index in [9.17, 15) is 9.59 Å². The molecule has 1 heterocycles. The van der Waals surface area contributed by atoms with Crippen molar-refractivity contribution in [1.29, 1.82) is 0 Å². The molecule has 1 saturated heterocycles. The zero-order chi connectivity index (χ0) is 19.6. The van der Waals surface area contributed by atoms with Crippen LogP contribution in [-0.4, -0.2) is 32.6 Å². The number of ether oxygens (including phenoxy) is 2. The summed E-state index contributed by atoms with van der Waals surface area (Å²) in [6.07, 6.45) is 0.140. The Kier molecular flexibility index (Phi) is 5.56. The van der Waals surface area contributed by atoms with Gasteiger partial charge in [0.05, 0.1) is 25.8 Å². The van der Waals surface area contributed by atoms with E-state index in [4.69, 9.17) is 21.1 Å². The van der Waals surface area contributed by atoms with Crippen molar-refractivity contribution in [3.63, 3.8) is 0 Å². The minimum Gasteiger partial charge on any atom is -0.497 e. The molecule has 1 aliphatic rings. The van der Waals surface area contributed by atoms with Gasteiger partial charge in [0.2, 0.25) is 11.8 Å². The Balaban J connectivity index is 1.77. The first-order valence-corrected chi connectivity index (χ1v) is 8.90. The molecule has 3 rings (SSSR count). The molecule has 0 aromatic heterocycles. The highest BCUT2D eigenvalue weighted by Gasteiger charge is 2.36. The number of methoxy groups -OCH3 is 2. The van der Waals surface area contributed by atoms with E-state index in [0.717, 1.165) is 5.56 Å². The van der Waals surface area contributed by atoms with Crippen LogP contribution in [0.5, 0.6) is 11.5 Å². The smallest absolute Gasteiger partial charge is 0.229 e. The average Bonchev–Trinajstić information content (AvgIpc) is 3.05. The molecule has 6 nitrogen and oxygen atoms in total. The Bertz CT molecular complexity index is 884. The van der Waals surface area contributed by atoms with Crippen LogP contribution in [0.15, 0.2) is 36.4 Å². The number of anilines is 2. The molecule has 1 aliphatic heterocycles. The molecule has 1 atom stereocenters. The molecule has 2 amide bonds. The molecule has 1 fully saturated rings. The van der Waals surface area contributed by atoms with Gasteiger partial charge in [0, 0.05) is 29.7 Å². The molecule has 1 N–H and O–H groups in total. The maximum absolute atomic E-state index is 12.7. The van der Waals surface area contributed by atoms with Crippen molar-refractivity contribution < 1.29 is 19.1 Å². The van der Waals surface area contributed by atoms with E-state index >= 15 is 0 Å². The topological polar surface area (TPSA) is 67.9 Å². The molecule has 2 aromatic carbocycles. The number of benzene rings is 2. The van der Waals surface area contributed by atoms with E-state index in [1.807, 2.05) is 13.0 Å². The summed E-state index contributed by atoms with van der Waals surface area (Å²) in [5, 5.41) is 3.42. The molecule has 0 saturated carbocycles. The summed E-state index contributed by atoms with van der Waals surface area (Å²) in [7, 11) is 3.10. The Morgan fingerprint density at radius 3 is 2.67 bits per heavy atom. The number of rotatable bonds is 5. The summed E-state index contributed by atoms with van der Waals surface area (Å²) in [5.41, 5.74) is 2.18. The van der Waals surface area contributed by atoms with Gasteiger partial charge in [0.1, 0.15) is 11.5 Å². The fourth-order valence-electron chi connectivity index (χ4n) is 3.09. The number of nitrogens with one attached hydrogen (secondary N) is 1. The zero-order valence-corrected chi connectivity index (χ0v) is 16.2. The molecule has 7 heteroatoms. The minimum atomic E-state index is -0.456. The normalized spacial score (nSPS) is 16.4. The number of hydrogen-bond donors (Lipinski definition) is 1. The highest BCUT2D eigenvalue weighted by atomic mass is 35.5. The number of hydrogen-bond acceptors (Lipinski definition) is 4. The van der Waals surface area contributed by atoms with Gasteiger partial charge in [0.25, 0.3) is 0 Å². The number of aryl methyl sites for hydroxylation is 1. The predicted octanol–water partition coefficient (Wildman–Crippen LogP) is 3.66. The van der Waals surface area contributed by atoms with Crippen molar-refractivity contribution in [3.05, 3.63) is 47.0 Å². The van der Waals surface area contributed by atoms with Crippen molar-refractivity contribution in [1.82, 2.24) is 0 Å². The Morgan fingerprint density at radius 2 is 1.96 bits per heavy atom. The lowest BCUT2D eigenvalue weighted by molar-refractivity contribution is -0.122. The third-order valence-corrected chi connectivity index (χ3v) is 4.87. The molecule has 0 unspecified atom stereocenters. The van der Waals surface area contributed by atoms with E-state index in [1.165, 1.54) is 7.11 Å². The van der Waals surface area contributed by atoms with Gasteiger partial charge in [-0.25, -0.2) is 0 Å². The van der Waals surface area contributed by atoms with Gasteiger partial charge >= 0.3 is 0 Å². The fourth-order valence-corrected chi connectivity index (χ4v) is 3.26. The van der Waals surface area contributed by atoms with Crippen LogP contribution in [0.3, 0.4) is 0 Å². The molecular weight excluding hydrogens is 368 g/mol. The summed E-state index contributed by atoms with van der Waals surface area (Å²) >= 11 is 6.01. The van der Waals surface area contributed by atoms with E-state index in [2.05, 4.69) is 5.32 Å². The summed E-state index contributed by atoms with van der Waals surface area (Å²) in [6, 6.07) is 10.5. The van der Waals surface area contributed by atoms with Crippen LogP contribution >= 0.6 is 11.6 Å². The number of halogens is 1. The van der Waals surface area contributed by atoms with Crippen molar-refractivity contribution in [2.45, 2.75) is 13.3 Å². The third-order valence-electron chi connectivity index (χ3n) is 4.63. The summed E-state index contributed by atoms with van der Waals surface area (Å²) < 4.78 is 10.6. The standard InChI is InChI=1S/C20H21ClN2O4/c1-12-4-5-14(21)9-16(12)22-20(25)13-8-19(24)23(11-13)17-7-6-15(26-2)10-18(17)27-3/h4-7,9-10,13H,8,11H2,1-3H3,(H,22,25)/t13-/m0/s1. The summed E-state index contributed by atoms with van der Waals surface area (Å²) in [5.74, 6) is 0.371. The lowest BCUT2D eigenvalue weighted by Crippen LogP contribution is -2.28. The maximum Gasteiger partial charge on any atom is 0.229 e. The first kappa shape index (κ1) is 19.0. The lowest BCUT2D eigenvalue weighted by atomic mass is 10.1. The van der Waals surface area contributed by atoms with E-state index in [0.29, 0.717) is 27.9 Å². The zero-order valence-electron chi connectivity index (χ0n) is 15.4. The van der Waals surface area contributed by atoms with Gasteiger partial charge in [-0.3, -0.25) is 9.59 Å². The fraction of sp³-hybridized carbons (Fsp3) is 0.300. The van der Waals surface area contributed by atoms with Crippen molar-refractivity contribution in [3.8, 4) is 11.5 Å². The van der Waals surface area contributed by atoms with Gasteiger partial charge in [0.15, 0.2) is 0 Å². The molecule has 142 valence electrons. The summed E-state index contributed by atoms with van der Waals surface area (Å²) in [4.78, 5) is 26.8. The maximum atomic E-state index is 12.7. The number of nitrogens with zero attached hydrogens (tertiary/aromatic N) is 1.